The molecule has 0 bridgehead atoms. The predicted octanol–water partition coefficient (Wildman–Crippen LogP) is 1.25. The molecule has 2 saturated carbocycles. The van der Waals surface area contributed by atoms with E-state index in [0.717, 1.165) is 49.5 Å². The summed E-state index contributed by atoms with van der Waals surface area (Å²) >= 11 is 0. The Kier molecular flexibility index (Phi) is 2.37. The fraction of sp³-hybridized carbons (Fsp3) is 0.846. The molecule has 1 aliphatic heterocycles. The Balaban J connectivity index is 1.47. The van der Waals surface area contributed by atoms with E-state index in [0.29, 0.717) is 5.92 Å². The molecule has 3 atom stereocenters. The number of H-pyrrole nitrogens is 1. The molecule has 2 heterocycles. The van der Waals surface area contributed by atoms with Gasteiger partial charge in [-0.05, 0) is 43.9 Å². The third kappa shape index (κ3) is 1.81. The lowest BCUT2D eigenvalue weighted by atomic mass is 10.0. The molecular weight excluding hydrogens is 226 g/mol. The normalized spacial score (nSPS) is 38.8. The van der Waals surface area contributed by atoms with Crippen molar-refractivity contribution in [1.29, 1.82) is 0 Å². The Morgan fingerprint density at radius 3 is 2.83 bits per heavy atom. The van der Waals surface area contributed by atoms with Crippen LogP contribution in [0.15, 0.2) is 0 Å². The van der Waals surface area contributed by atoms with Gasteiger partial charge in [0.25, 0.3) is 0 Å². The van der Waals surface area contributed by atoms with Crippen molar-refractivity contribution in [3.63, 3.8) is 0 Å². The zero-order valence-electron chi connectivity index (χ0n) is 10.7. The van der Waals surface area contributed by atoms with Gasteiger partial charge in [0, 0.05) is 25.0 Å². The molecule has 4 rings (SSSR count). The fourth-order valence-electron chi connectivity index (χ4n) is 3.72. The number of aromatic nitrogens is 3. The molecule has 3 unspecified atom stereocenters. The number of anilines is 1. The second kappa shape index (κ2) is 3.95. The Morgan fingerprint density at radius 2 is 2.06 bits per heavy atom. The maximum atomic E-state index is 6.01. The average Bonchev–Trinajstić information content (AvgIpc) is 2.83. The predicted molar refractivity (Wildman–Crippen MR) is 69.4 cm³/mol. The van der Waals surface area contributed by atoms with Crippen molar-refractivity contribution in [2.75, 3.05) is 18.0 Å². The van der Waals surface area contributed by atoms with Crippen LogP contribution in [0.25, 0.3) is 0 Å². The largest absolute Gasteiger partial charge is 0.338 e. The molecule has 0 aromatic carbocycles. The molecule has 0 amide bonds. The highest BCUT2D eigenvalue weighted by atomic mass is 15.4. The van der Waals surface area contributed by atoms with Crippen LogP contribution in [-0.4, -0.2) is 34.3 Å². The minimum absolute atomic E-state index is 0.278. The van der Waals surface area contributed by atoms with E-state index in [9.17, 15) is 0 Å². The van der Waals surface area contributed by atoms with Gasteiger partial charge in [0.15, 0.2) is 0 Å². The topological polar surface area (TPSA) is 70.8 Å². The van der Waals surface area contributed by atoms with Crippen molar-refractivity contribution < 1.29 is 0 Å². The second-order valence-electron chi connectivity index (χ2n) is 6.29. The lowest BCUT2D eigenvalue weighted by molar-refractivity contribution is 0.500. The summed E-state index contributed by atoms with van der Waals surface area (Å²) in [6.07, 6.45) is 6.37. The zero-order valence-corrected chi connectivity index (χ0v) is 10.7. The minimum Gasteiger partial charge on any atom is -0.338 e. The number of aromatic amines is 1. The van der Waals surface area contributed by atoms with E-state index >= 15 is 0 Å². The Hall–Kier alpha value is -1.10. The quantitative estimate of drug-likeness (QED) is 0.825. The van der Waals surface area contributed by atoms with Crippen molar-refractivity contribution >= 4 is 5.95 Å². The van der Waals surface area contributed by atoms with Crippen molar-refractivity contribution in [3.8, 4) is 0 Å². The van der Waals surface area contributed by atoms with Crippen LogP contribution in [-0.2, 0) is 0 Å². The Bertz CT molecular complexity index is 432. The molecular formula is C13H21N5. The van der Waals surface area contributed by atoms with E-state index in [-0.39, 0.29) is 6.04 Å². The van der Waals surface area contributed by atoms with Crippen LogP contribution in [0.4, 0.5) is 5.95 Å². The molecule has 5 heteroatoms. The average molecular weight is 247 g/mol. The molecule has 0 radical (unpaired) electrons. The molecule has 3 N–H and O–H groups in total. The van der Waals surface area contributed by atoms with Crippen LogP contribution < -0.4 is 10.6 Å². The van der Waals surface area contributed by atoms with Crippen LogP contribution in [0.2, 0.25) is 0 Å². The first kappa shape index (κ1) is 10.8. The number of hydrogen-bond acceptors (Lipinski definition) is 4. The van der Waals surface area contributed by atoms with E-state index in [2.05, 4.69) is 15.1 Å². The van der Waals surface area contributed by atoms with E-state index in [1.54, 1.807) is 0 Å². The lowest BCUT2D eigenvalue weighted by Gasteiger charge is -2.29. The molecule has 1 aromatic rings. The number of nitrogens with zero attached hydrogens (tertiary/aromatic N) is 3. The van der Waals surface area contributed by atoms with Crippen LogP contribution in [0.1, 0.15) is 43.8 Å². The van der Waals surface area contributed by atoms with Crippen LogP contribution in [0, 0.1) is 11.8 Å². The number of hydrogen-bond donors (Lipinski definition) is 2. The summed E-state index contributed by atoms with van der Waals surface area (Å²) in [6, 6.07) is 0.278. The lowest BCUT2D eigenvalue weighted by Crippen LogP contribution is -2.43. The Labute approximate surface area is 107 Å². The van der Waals surface area contributed by atoms with E-state index in [1.165, 1.54) is 19.3 Å². The van der Waals surface area contributed by atoms with Crippen molar-refractivity contribution in [2.24, 2.45) is 17.6 Å². The first-order valence-electron chi connectivity index (χ1n) is 7.22. The van der Waals surface area contributed by atoms with Gasteiger partial charge in [-0.25, -0.2) is 0 Å². The van der Waals surface area contributed by atoms with E-state index in [1.807, 2.05) is 0 Å². The van der Waals surface area contributed by atoms with Crippen molar-refractivity contribution in [2.45, 2.75) is 44.1 Å². The van der Waals surface area contributed by atoms with Gasteiger partial charge in [-0.1, -0.05) is 0 Å². The van der Waals surface area contributed by atoms with Gasteiger partial charge in [-0.2, -0.15) is 4.98 Å². The second-order valence-corrected chi connectivity index (χ2v) is 6.29. The number of nitrogens with two attached hydrogens (primary N) is 1. The zero-order chi connectivity index (χ0) is 12.1. The summed E-state index contributed by atoms with van der Waals surface area (Å²) in [5.74, 6) is 4.59. The van der Waals surface area contributed by atoms with E-state index < -0.39 is 0 Å². The van der Waals surface area contributed by atoms with Crippen molar-refractivity contribution in [1.82, 2.24) is 15.2 Å². The van der Waals surface area contributed by atoms with Crippen LogP contribution in [0.3, 0.4) is 0 Å². The van der Waals surface area contributed by atoms with E-state index in [4.69, 9.17) is 10.7 Å². The van der Waals surface area contributed by atoms with Gasteiger partial charge >= 0.3 is 0 Å². The van der Waals surface area contributed by atoms with Gasteiger partial charge in [0.1, 0.15) is 5.82 Å². The Morgan fingerprint density at radius 1 is 1.22 bits per heavy atom. The smallest absolute Gasteiger partial charge is 0.244 e. The van der Waals surface area contributed by atoms with Crippen LogP contribution >= 0.6 is 0 Å². The maximum Gasteiger partial charge on any atom is 0.244 e. The maximum absolute atomic E-state index is 6.01. The monoisotopic (exact) mass is 247 g/mol. The van der Waals surface area contributed by atoms with Gasteiger partial charge in [0.05, 0.1) is 0 Å². The highest BCUT2D eigenvalue weighted by Crippen LogP contribution is 2.56. The number of rotatable bonds is 2. The highest BCUT2D eigenvalue weighted by molar-refractivity contribution is 5.31. The SMILES string of the molecule is NC1CCCN(c2n[nH]c(C3CC4CC4C3)n2)C1. The summed E-state index contributed by atoms with van der Waals surface area (Å²) in [6.45, 7) is 1.94. The fourth-order valence-corrected chi connectivity index (χ4v) is 3.72. The van der Waals surface area contributed by atoms with Crippen LogP contribution in [0.5, 0.6) is 0 Å². The summed E-state index contributed by atoms with van der Waals surface area (Å²) in [4.78, 5) is 6.94. The first-order chi connectivity index (χ1) is 8.79. The number of fused-ring (bicyclic) bond motifs is 1. The molecule has 2 aliphatic carbocycles. The molecule has 1 aromatic heterocycles. The standard InChI is InChI=1S/C13H21N5/c14-11-2-1-3-18(7-11)13-15-12(16-17-13)10-5-8-4-9(8)6-10/h8-11H,1-7,14H2,(H,15,16,17). The van der Waals surface area contributed by atoms with Gasteiger partial charge in [-0.3, -0.25) is 5.10 Å². The first-order valence-corrected chi connectivity index (χ1v) is 7.22. The molecule has 5 nitrogen and oxygen atoms in total. The molecule has 3 fully saturated rings. The van der Waals surface area contributed by atoms with Crippen molar-refractivity contribution in [3.05, 3.63) is 5.82 Å². The third-order valence-corrected chi connectivity index (χ3v) is 4.86. The summed E-state index contributed by atoms with van der Waals surface area (Å²) in [5, 5.41) is 7.55. The van der Waals surface area contributed by atoms with Gasteiger partial charge in [0.2, 0.25) is 5.95 Å². The third-order valence-electron chi connectivity index (χ3n) is 4.86. The summed E-state index contributed by atoms with van der Waals surface area (Å²) < 4.78 is 0. The van der Waals surface area contributed by atoms with Gasteiger partial charge < -0.3 is 10.6 Å². The molecule has 18 heavy (non-hydrogen) atoms. The number of nitrogens with one attached hydrogen (secondary N) is 1. The molecule has 3 aliphatic rings. The summed E-state index contributed by atoms with van der Waals surface area (Å²) in [7, 11) is 0. The molecule has 98 valence electrons. The summed E-state index contributed by atoms with van der Waals surface area (Å²) in [5.41, 5.74) is 6.01. The highest BCUT2D eigenvalue weighted by Gasteiger charge is 2.47. The van der Waals surface area contributed by atoms with Gasteiger partial charge in [-0.15, -0.1) is 5.10 Å². The minimum atomic E-state index is 0.278. The molecule has 0 spiro atoms. The molecule has 1 saturated heterocycles. The number of piperidine rings is 1.